The van der Waals surface area contributed by atoms with Crippen molar-refractivity contribution in [1.82, 2.24) is 0 Å². The van der Waals surface area contributed by atoms with Crippen LogP contribution in [0.3, 0.4) is 0 Å². The molecule has 0 saturated heterocycles. The van der Waals surface area contributed by atoms with Crippen LogP contribution in [0.4, 0.5) is 0 Å². The second-order valence-corrected chi connectivity index (χ2v) is 5.06. The molecule has 0 bridgehead atoms. The lowest BCUT2D eigenvalue weighted by molar-refractivity contribution is -0.255. The molecule has 120 valence electrons. The van der Waals surface area contributed by atoms with E-state index in [4.69, 9.17) is 21.1 Å². The van der Waals surface area contributed by atoms with Gasteiger partial charge in [-0.3, -0.25) is 4.79 Å². The summed E-state index contributed by atoms with van der Waals surface area (Å²) in [7, 11) is 0. The van der Waals surface area contributed by atoms with Crippen LogP contribution in [0.15, 0.2) is 36.4 Å². The highest BCUT2D eigenvalue weighted by molar-refractivity contribution is 6.32. The third kappa shape index (κ3) is 4.23. The van der Waals surface area contributed by atoms with Crippen LogP contribution in [0, 0.1) is 0 Å². The molecule has 5 nitrogen and oxygen atoms in total. The van der Waals surface area contributed by atoms with Crippen LogP contribution in [0.5, 0.6) is 11.5 Å². The van der Waals surface area contributed by atoms with Gasteiger partial charge >= 0.3 is 0 Å². The summed E-state index contributed by atoms with van der Waals surface area (Å²) in [6.07, 6.45) is 0.677. The molecule has 2 aromatic rings. The molecule has 6 heteroatoms. The van der Waals surface area contributed by atoms with E-state index >= 15 is 0 Å². The number of halogens is 1. The fourth-order valence-corrected chi connectivity index (χ4v) is 2.23. The van der Waals surface area contributed by atoms with Crippen LogP contribution >= 0.6 is 11.6 Å². The van der Waals surface area contributed by atoms with Crippen LogP contribution in [-0.4, -0.2) is 18.9 Å². The first-order valence-corrected chi connectivity index (χ1v) is 7.27. The van der Waals surface area contributed by atoms with Gasteiger partial charge in [-0.25, -0.2) is 0 Å². The van der Waals surface area contributed by atoms with Gasteiger partial charge in [0.05, 0.1) is 17.6 Å². The number of carboxylic acids is 1. The van der Waals surface area contributed by atoms with Crippen molar-refractivity contribution in [3.63, 3.8) is 0 Å². The second-order valence-electron chi connectivity index (χ2n) is 4.65. The Labute approximate surface area is 138 Å². The van der Waals surface area contributed by atoms with Crippen molar-refractivity contribution in [1.29, 1.82) is 0 Å². The van der Waals surface area contributed by atoms with Crippen molar-refractivity contribution in [2.45, 2.75) is 13.5 Å². The molecule has 2 rings (SSSR count). The largest absolute Gasteiger partial charge is 0.545 e. The molecule has 0 spiro atoms. The maximum absolute atomic E-state index is 10.9. The van der Waals surface area contributed by atoms with E-state index < -0.39 is 5.97 Å². The zero-order valence-electron chi connectivity index (χ0n) is 12.4. The average Bonchev–Trinajstić information content (AvgIpc) is 2.54. The Morgan fingerprint density at radius 1 is 1.22 bits per heavy atom. The Balaban J connectivity index is 2.18. The van der Waals surface area contributed by atoms with Crippen molar-refractivity contribution < 1.29 is 24.2 Å². The maximum Gasteiger partial charge on any atom is 0.180 e. The van der Waals surface area contributed by atoms with Crippen molar-refractivity contribution in [3.8, 4) is 11.5 Å². The van der Waals surface area contributed by atoms with Gasteiger partial charge in [0.25, 0.3) is 0 Å². The minimum absolute atomic E-state index is 0.0946. The number of hydrogen-bond acceptors (Lipinski definition) is 5. The molecule has 0 aliphatic carbocycles. The lowest BCUT2D eigenvalue weighted by Crippen LogP contribution is -2.22. The molecule has 0 unspecified atom stereocenters. The van der Waals surface area contributed by atoms with Gasteiger partial charge in [-0.05, 0) is 30.2 Å². The number of aldehydes is 1. The van der Waals surface area contributed by atoms with Crippen LogP contribution < -0.4 is 14.6 Å². The highest BCUT2D eigenvalue weighted by Gasteiger charge is 2.12. The Hall–Kier alpha value is -2.53. The normalized spacial score (nSPS) is 10.2. The van der Waals surface area contributed by atoms with Crippen molar-refractivity contribution >= 4 is 23.9 Å². The van der Waals surface area contributed by atoms with Crippen LogP contribution in [0.1, 0.15) is 33.2 Å². The van der Waals surface area contributed by atoms with E-state index in [0.29, 0.717) is 30.0 Å². The maximum atomic E-state index is 10.9. The molecule has 0 fully saturated rings. The van der Waals surface area contributed by atoms with Gasteiger partial charge in [0.1, 0.15) is 12.9 Å². The molecule has 0 aliphatic rings. The zero-order chi connectivity index (χ0) is 16.8. The minimum Gasteiger partial charge on any atom is -0.545 e. The van der Waals surface area contributed by atoms with Gasteiger partial charge in [0.15, 0.2) is 11.5 Å². The first kappa shape index (κ1) is 16.8. The van der Waals surface area contributed by atoms with Crippen molar-refractivity contribution in [2.75, 3.05) is 6.61 Å². The predicted molar refractivity (Wildman–Crippen MR) is 83.1 cm³/mol. The number of aromatic carboxylic acids is 1. The monoisotopic (exact) mass is 333 g/mol. The van der Waals surface area contributed by atoms with Gasteiger partial charge in [-0.2, -0.15) is 0 Å². The van der Waals surface area contributed by atoms with Gasteiger partial charge in [-0.1, -0.05) is 35.9 Å². The van der Waals surface area contributed by atoms with Gasteiger partial charge in [0.2, 0.25) is 0 Å². The summed E-state index contributed by atoms with van der Waals surface area (Å²) in [6, 6.07) is 9.17. The number of carbonyl (C=O) groups is 2. The smallest absolute Gasteiger partial charge is 0.180 e. The summed E-state index contributed by atoms with van der Waals surface area (Å²) in [5.74, 6) is -0.514. The summed E-state index contributed by atoms with van der Waals surface area (Å²) < 4.78 is 11.1. The molecular weight excluding hydrogens is 320 g/mol. The number of hydrogen-bond donors (Lipinski definition) is 0. The standard InChI is InChI=1S/C17H15ClO5/c1-2-22-15-8-12(9-19)7-14(18)16(15)23-10-11-3-5-13(6-4-11)17(20)21/h3-9H,2,10H2,1H3,(H,20,21)/p-1. The second kappa shape index (κ2) is 7.65. The summed E-state index contributed by atoms with van der Waals surface area (Å²) in [5, 5.41) is 11.0. The third-order valence-corrected chi connectivity index (χ3v) is 3.32. The molecule has 0 saturated carbocycles. The van der Waals surface area contributed by atoms with Crippen LogP contribution in [-0.2, 0) is 6.61 Å². The Morgan fingerprint density at radius 2 is 1.91 bits per heavy atom. The quantitative estimate of drug-likeness (QED) is 0.728. The molecule has 0 aromatic heterocycles. The van der Waals surface area contributed by atoms with Crippen molar-refractivity contribution in [2.24, 2.45) is 0 Å². The van der Waals surface area contributed by atoms with E-state index in [1.54, 1.807) is 18.2 Å². The van der Waals surface area contributed by atoms with Crippen molar-refractivity contribution in [3.05, 3.63) is 58.1 Å². The zero-order valence-corrected chi connectivity index (χ0v) is 13.1. The highest BCUT2D eigenvalue weighted by Crippen LogP contribution is 2.36. The topological polar surface area (TPSA) is 75.7 Å². The fourth-order valence-electron chi connectivity index (χ4n) is 1.95. The van der Waals surface area contributed by atoms with E-state index in [9.17, 15) is 14.7 Å². The van der Waals surface area contributed by atoms with Gasteiger partial charge in [0, 0.05) is 5.56 Å². The molecule has 0 aliphatic heterocycles. The number of rotatable bonds is 7. The van der Waals surface area contributed by atoms with Gasteiger partial charge in [-0.15, -0.1) is 0 Å². The number of benzene rings is 2. The molecule has 23 heavy (non-hydrogen) atoms. The first-order valence-electron chi connectivity index (χ1n) is 6.89. The first-order chi connectivity index (χ1) is 11.0. The predicted octanol–water partition coefficient (Wildman–Crippen LogP) is 2.49. The summed E-state index contributed by atoms with van der Waals surface area (Å²) >= 11 is 6.13. The lowest BCUT2D eigenvalue weighted by Gasteiger charge is -2.14. The summed E-state index contributed by atoms with van der Waals surface area (Å²) in [5.41, 5.74) is 1.24. The number of carboxylic acid groups (broad SMARTS) is 1. The molecule has 0 atom stereocenters. The Kier molecular flexibility index (Phi) is 5.60. The molecule has 0 radical (unpaired) electrons. The van der Waals surface area contributed by atoms with E-state index in [2.05, 4.69) is 0 Å². The molecular formula is C17H14ClO5-. The third-order valence-electron chi connectivity index (χ3n) is 3.04. The average molecular weight is 334 g/mol. The molecule has 0 heterocycles. The summed E-state index contributed by atoms with van der Waals surface area (Å²) in [4.78, 5) is 21.6. The number of carbonyl (C=O) groups excluding carboxylic acids is 2. The SMILES string of the molecule is CCOc1cc(C=O)cc(Cl)c1OCc1ccc(C(=O)[O-])cc1. The van der Waals surface area contributed by atoms with Crippen LogP contribution in [0.2, 0.25) is 5.02 Å². The number of ether oxygens (including phenoxy) is 2. The molecule has 0 amide bonds. The van der Waals surface area contributed by atoms with E-state index in [1.165, 1.54) is 18.2 Å². The molecule has 0 N–H and O–H groups in total. The summed E-state index contributed by atoms with van der Waals surface area (Å²) in [6.45, 7) is 2.38. The minimum atomic E-state index is -1.23. The van der Waals surface area contributed by atoms with Crippen LogP contribution in [0.25, 0.3) is 0 Å². The highest BCUT2D eigenvalue weighted by atomic mass is 35.5. The Morgan fingerprint density at radius 3 is 2.48 bits per heavy atom. The Bertz CT molecular complexity index is 710. The lowest BCUT2D eigenvalue weighted by atomic mass is 10.1. The van der Waals surface area contributed by atoms with E-state index in [0.717, 1.165) is 5.56 Å². The fraction of sp³-hybridized carbons (Fsp3) is 0.176. The van der Waals surface area contributed by atoms with E-state index in [-0.39, 0.29) is 17.2 Å². The van der Waals surface area contributed by atoms with E-state index in [1.807, 2.05) is 6.92 Å². The van der Waals surface area contributed by atoms with Gasteiger partial charge < -0.3 is 19.4 Å². The molecule has 2 aromatic carbocycles.